The van der Waals surface area contributed by atoms with Crippen LogP contribution < -0.4 is 9.80 Å². The molecule has 0 aliphatic carbocycles. The Bertz CT molecular complexity index is 1590. The number of carbonyl (C=O) groups excluding carboxylic acids is 2. The fourth-order valence-corrected chi connectivity index (χ4v) is 6.61. The number of aliphatic hydroxyl groups excluding tert-OH is 1. The van der Waals surface area contributed by atoms with Gasteiger partial charge in [0.25, 0.3) is 11.8 Å². The van der Waals surface area contributed by atoms with E-state index in [-0.39, 0.29) is 30.4 Å². The van der Waals surface area contributed by atoms with Gasteiger partial charge in [-0.05, 0) is 54.1 Å². The van der Waals surface area contributed by atoms with E-state index in [1.54, 1.807) is 4.90 Å². The van der Waals surface area contributed by atoms with Crippen molar-refractivity contribution in [1.29, 1.82) is 0 Å². The van der Waals surface area contributed by atoms with E-state index in [1.807, 2.05) is 89.8 Å². The second-order valence-corrected chi connectivity index (χ2v) is 10.5. The van der Waals surface area contributed by atoms with E-state index >= 15 is 0 Å². The maximum Gasteiger partial charge on any atom is 0.264 e. The van der Waals surface area contributed by atoms with Gasteiger partial charge in [0, 0.05) is 29.2 Å². The SMILES string of the molecule is C[C@H]1C[C@@H](CCO)O[C@]12C(=O)N(Cc1ccccc1)c1ccc(N3C(=O)c4cccc5cccc3c45)cc12. The molecule has 3 atom stereocenters. The lowest BCUT2D eigenvalue weighted by atomic mass is 9.82. The van der Waals surface area contributed by atoms with E-state index in [0.717, 1.165) is 33.3 Å². The number of hydrogen-bond acceptors (Lipinski definition) is 4. The highest BCUT2D eigenvalue weighted by Gasteiger charge is 2.60. The highest BCUT2D eigenvalue weighted by Crippen LogP contribution is 2.55. The molecule has 4 aromatic rings. The number of hydrogen-bond donors (Lipinski definition) is 1. The zero-order valence-electron chi connectivity index (χ0n) is 21.1. The summed E-state index contributed by atoms with van der Waals surface area (Å²) >= 11 is 0. The van der Waals surface area contributed by atoms with Gasteiger partial charge in [0.2, 0.25) is 0 Å². The van der Waals surface area contributed by atoms with Crippen LogP contribution in [0.2, 0.25) is 0 Å². The van der Waals surface area contributed by atoms with Gasteiger partial charge in [0.15, 0.2) is 5.60 Å². The summed E-state index contributed by atoms with van der Waals surface area (Å²) in [5.41, 5.74) is 3.72. The van der Waals surface area contributed by atoms with Crippen molar-refractivity contribution in [3.8, 4) is 0 Å². The minimum Gasteiger partial charge on any atom is -0.396 e. The van der Waals surface area contributed by atoms with Gasteiger partial charge in [0.1, 0.15) is 0 Å². The van der Waals surface area contributed by atoms with Crippen LogP contribution in [0.15, 0.2) is 84.9 Å². The highest BCUT2D eigenvalue weighted by atomic mass is 16.5. The van der Waals surface area contributed by atoms with E-state index in [4.69, 9.17) is 4.74 Å². The summed E-state index contributed by atoms with van der Waals surface area (Å²) in [4.78, 5) is 31.5. The first-order valence-electron chi connectivity index (χ1n) is 13.2. The van der Waals surface area contributed by atoms with Gasteiger partial charge >= 0.3 is 0 Å². The summed E-state index contributed by atoms with van der Waals surface area (Å²) < 4.78 is 6.58. The van der Waals surface area contributed by atoms with E-state index in [0.29, 0.717) is 30.6 Å². The molecule has 1 N–H and O–H groups in total. The number of anilines is 3. The van der Waals surface area contributed by atoms with Crippen LogP contribution >= 0.6 is 0 Å². The quantitative estimate of drug-likeness (QED) is 0.380. The molecular formula is C32H28N2O4. The number of aliphatic hydroxyl groups is 1. The molecule has 0 radical (unpaired) electrons. The molecule has 3 aliphatic rings. The number of amides is 2. The molecule has 4 aromatic carbocycles. The number of benzene rings is 4. The maximum absolute atomic E-state index is 14.2. The molecule has 7 rings (SSSR count). The number of fused-ring (bicyclic) bond motifs is 2. The smallest absolute Gasteiger partial charge is 0.264 e. The van der Waals surface area contributed by atoms with Crippen LogP contribution in [-0.4, -0.2) is 29.6 Å². The lowest BCUT2D eigenvalue weighted by Crippen LogP contribution is -2.43. The molecule has 1 fully saturated rings. The Hall–Kier alpha value is -4.00. The zero-order valence-corrected chi connectivity index (χ0v) is 21.1. The molecule has 0 bridgehead atoms. The Morgan fingerprint density at radius 2 is 1.74 bits per heavy atom. The number of nitrogens with zero attached hydrogens (tertiary/aromatic N) is 2. The van der Waals surface area contributed by atoms with Crippen LogP contribution in [-0.2, 0) is 21.7 Å². The fraction of sp³-hybridized carbons (Fsp3) is 0.250. The molecule has 3 aliphatic heterocycles. The molecular weight excluding hydrogens is 476 g/mol. The predicted octanol–water partition coefficient (Wildman–Crippen LogP) is 5.68. The predicted molar refractivity (Wildman–Crippen MR) is 147 cm³/mol. The molecule has 2 amide bonds. The Morgan fingerprint density at radius 1 is 0.947 bits per heavy atom. The third-order valence-corrected chi connectivity index (χ3v) is 8.35. The molecule has 0 unspecified atom stereocenters. The normalized spacial score (nSPS) is 23.7. The summed E-state index contributed by atoms with van der Waals surface area (Å²) in [5, 5.41) is 11.6. The van der Waals surface area contributed by atoms with Gasteiger partial charge in [0.05, 0.1) is 29.6 Å². The standard InChI is InChI=1S/C32H28N2O4/c1-20-17-24(15-16-35)38-32(20)26-18-23(13-14-27(26)33(31(32)37)19-21-7-3-2-4-8-21)34-28-12-6-10-22-9-5-11-25(29(22)28)30(34)36/h2-14,18,20,24,35H,15-17,19H2,1H3/t20-,24+,32+/m0/s1. The molecule has 6 heteroatoms. The maximum atomic E-state index is 14.2. The van der Waals surface area contributed by atoms with Crippen molar-refractivity contribution >= 4 is 39.6 Å². The van der Waals surface area contributed by atoms with Crippen molar-refractivity contribution < 1.29 is 19.4 Å². The Labute approximate surface area is 221 Å². The minimum atomic E-state index is -1.15. The van der Waals surface area contributed by atoms with Crippen molar-refractivity contribution in [2.24, 2.45) is 5.92 Å². The molecule has 0 aromatic heterocycles. The third kappa shape index (κ3) is 3.14. The summed E-state index contributed by atoms with van der Waals surface area (Å²) in [5.74, 6) is -0.245. The van der Waals surface area contributed by atoms with E-state index in [2.05, 4.69) is 6.92 Å². The summed E-state index contributed by atoms with van der Waals surface area (Å²) in [6, 6.07) is 27.5. The number of ether oxygens (including phenoxy) is 1. The van der Waals surface area contributed by atoms with Crippen molar-refractivity contribution in [1.82, 2.24) is 0 Å². The van der Waals surface area contributed by atoms with Gasteiger partial charge in [-0.15, -0.1) is 0 Å². The van der Waals surface area contributed by atoms with Crippen LogP contribution in [0.3, 0.4) is 0 Å². The second kappa shape index (κ2) is 8.51. The van der Waals surface area contributed by atoms with Gasteiger partial charge in [-0.1, -0.05) is 61.5 Å². The van der Waals surface area contributed by atoms with E-state index in [1.165, 1.54) is 0 Å². The van der Waals surface area contributed by atoms with Crippen molar-refractivity contribution in [2.45, 2.75) is 38.0 Å². The van der Waals surface area contributed by atoms with Gasteiger partial charge in [-0.25, -0.2) is 0 Å². The molecule has 38 heavy (non-hydrogen) atoms. The first-order chi connectivity index (χ1) is 18.5. The Morgan fingerprint density at radius 3 is 2.53 bits per heavy atom. The first-order valence-corrected chi connectivity index (χ1v) is 13.2. The van der Waals surface area contributed by atoms with Gasteiger partial charge in [-0.2, -0.15) is 0 Å². The zero-order chi connectivity index (χ0) is 26.0. The average molecular weight is 505 g/mol. The fourth-order valence-electron chi connectivity index (χ4n) is 6.61. The summed E-state index contributed by atoms with van der Waals surface area (Å²) in [7, 11) is 0. The summed E-state index contributed by atoms with van der Waals surface area (Å²) in [6.45, 7) is 2.49. The lowest BCUT2D eigenvalue weighted by Gasteiger charge is -2.29. The van der Waals surface area contributed by atoms with E-state index < -0.39 is 5.60 Å². The molecule has 1 saturated heterocycles. The topological polar surface area (TPSA) is 70.1 Å². The second-order valence-electron chi connectivity index (χ2n) is 10.5. The molecule has 0 saturated carbocycles. The Balaban J connectivity index is 1.37. The highest BCUT2D eigenvalue weighted by molar-refractivity contribution is 6.28. The van der Waals surface area contributed by atoms with E-state index in [9.17, 15) is 14.7 Å². The van der Waals surface area contributed by atoms with Crippen molar-refractivity contribution in [2.75, 3.05) is 16.4 Å². The van der Waals surface area contributed by atoms with Crippen LogP contribution in [0.25, 0.3) is 10.8 Å². The number of carbonyl (C=O) groups is 2. The first kappa shape index (κ1) is 23.1. The van der Waals surface area contributed by atoms with Crippen molar-refractivity contribution in [3.63, 3.8) is 0 Å². The molecule has 6 nitrogen and oxygen atoms in total. The minimum absolute atomic E-state index is 0.00677. The molecule has 1 spiro atoms. The van der Waals surface area contributed by atoms with Gasteiger partial charge in [-0.3, -0.25) is 14.5 Å². The van der Waals surface area contributed by atoms with Crippen LogP contribution in [0, 0.1) is 5.92 Å². The number of rotatable bonds is 5. The molecule has 3 heterocycles. The Kier molecular flexibility index (Phi) is 5.18. The van der Waals surface area contributed by atoms with Crippen LogP contribution in [0.4, 0.5) is 17.1 Å². The average Bonchev–Trinajstić information content (AvgIpc) is 3.50. The third-order valence-electron chi connectivity index (χ3n) is 8.35. The monoisotopic (exact) mass is 504 g/mol. The largest absolute Gasteiger partial charge is 0.396 e. The van der Waals surface area contributed by atoms with Crippen LogP contribution in [0.5, 0.6) is 0 Å². The van der Waals surface area contributed by atoms with Crippen molar-refractivity contribution in [3.05, 3.63) is 102 Å². The van der Waals surface area contributed by atoms with Gasteiger partial charge < -0.3 is 14.7 Å². The lowest BCUT2D eigenvalue weighted by molar-refractivity contribution is -0.146. The summed E-state index contributed by atoms with van der Waals surface area (Å²) in [6.07, 6.45) is 0.955. The van der Waals surface area contributed by atoms with Crippen LogP contribution in [0.1, 0.15) is 41.3 Å². The molecule has 190 valence electrons.